The predicted molar refractivity (Wildman–Crippen MR) is 53.3 cm³/mol. The molecule has 0 aliphatic heterocycles. The summed E-state index contributed by atoms with van der Waals surface area (Å²) in [6, 6.07) is -1.28. The molecule has 4 N–H and O–H groups in total. The van der Waals surface area contributed by atoms with E-state index in [1.807, 2.05) is 0 Å². The molecule has 9 heteroatoms. The monoisotopic (exact) mass is 298 g/mol. The van der Waals surface area contributed by atoms with Crippen molar-refractivity contribution < 1.29 is 39.3 Å². The summed E-state index contributed by atoms with van der Waals surface area (Å²) in [5.74, 6) is -2.22. The Morgan fingerprint density at radius 1 is 0.882 bits per heavy atom. The number of rotatable bonds is 6. The number of nitrogens with one attached hydrogen (secondary N) is 4. The molecule has 0 aromatic carbocycles. The van der Waals surface area contributed by atoms with E-state index in [-0.39, 0.29) is 19.5 Å². The van der Waals surface area contributed by atoms with Crippen LogP contribution in [0.1, 0.15) is 13.8 Å². The Bertz CT molecular complexity index is 196. The van der Waals surface area contributed by atoms with Crippen LogP contribution in [0.4, 0.5) is 0 Å². The number of carboxylic acids is 2. The second-order valence-electron chi connectivity index (χ2n) is 2.87. The van der Waals surface area contributed by atoms with Crippen molar-refractivity contribution in [2.75, 3.05) is 14.1 Å². The minimum absolute atomic E-state index is 0. The summed E-state index contributed by atoms with van der Waals surface area (Å²) in [5, 5.41) is 19.8. The normalized spacial score (nSPS) is 12.5. The van der Waals surface area contributed by atoms with Gasteiger partial charge in [0.2, 0.25) is 0 Å². The van der Waals surface area contributed by atoms with Gasteiger partial charge in [-0.25, -0.2) is 10.9 Å². The maximum atomic E-state index is 9.88. The third-order valence-corrected chi connectivity index (χ3v) is 1.43. The SMILES string of the molecule is CNNC(C)C(=O)[O-].CNNC(C)C(=O)[O-].[Zn+2]. The summed E-state index contributed by atoms with van der Waals surface area (Å²) in [7, 11) is 3.19. The first kappa shape index (κ1) is 21.7. The van der Waals surface area contributed by atoms with Crippen LogP contribution < -0.4 is 31.9 Å². The predicted octanol–water partition coefficient (Wildman–Crippen LogP) is -4.30. The molecule has 0 saturated carbocycles. The van der Waals surface area contributed by atoms with Gasteiger partial charge in [0.25, 0.3) is 0 Å². The van der Waals surface area contributed by atoms with Gasteiger partial charge in [0.1, 0.15) is 0 Å². The van der Waals surface area contributed by atoms with Crippen LogP contribution in [-0.2, 0) is 29.1 Å². The van der Waals surface area contributed by atoms with Crippen LogP contribution in [0.25, 0.3) is 0 Å². The number of carbonyl (C=O) groups excluding carboxylic acids is 2. The van der Waals surface area contributed by atoms with Gasteiger partial charge in [-0.15, -0.1) is 0 Å². The Kier molecular flexibility index (Phi) is 17.2. The first-order valence-corrected chi connectivity index (χ1v) is 4.63. The molecule has 0 bridgehead atoms. The molecule has 0 aliphatic carbocycles. The van der Waals surface area contributed by atoms with Crippen molar-refractivity contribution in [1.29, 1.82) is 0 Å². The van der Waals surface area contributed by atoms with Gasteiger partial charge >= 0.3 is 19.5 Å². The van der Waals surface area contributed by atoms with Crippen LogP contribution in [0.15, 0.2) is 0 Å². The van der Waals surface area contributed by atoms with E-state index in [0.717, 1.165) is 0 Å². The molecule has 2 atom stereocenters. The van der Waals surface area contributed by atoms with Crippen molar-refractivity contribution in [2.45, 2.75) is 25.9 Å². The van der Waals surface area contributed by atoms with E-state index >= 15 is 0 Å². The van der Waals surface area contributed by atoms with Crippen molar-refractivity contribution in [3.8, 4) is 0 Å². The van der Waals surface area contributed by atoms with Crippen LogP contribution in [-0.4, -0.2) is 38.1 Å². The molecule has 0 aromatic rings. The third-order valence-electron chi connectivity index (χ3n) is 1.43. The Morgan fingerprint density at radius 3 is 1.18 bits per heavy atom. The Hall–Kier alpha value is -0.597. The van der Waals surface area contributed by atoms with E-state index in [1.165, 1.54) is 13.8 Å². The van der Waals surface area contributed by atoms with Gasteiger partial charge in [0.05, 0.1) is 24.0 Å². The van der Waals surface area contributed by atoms with E-state index < -0.39 is 24.0 Å². The fourth-order valence-electron chi connectivity index (χ4n) is 0.551. The summed E-state index contributed by atoms with van der Waals surface area (Å²) in [6.07, 6.45) is 0. The van der Waals surface area contributed by atoms with Gasteiger partial charge in [-0.1, -0.05) is 0 Å². The molecule has 0 aromatic heterocycles. The molecular weight excluding hydrogens is 282 g/mol. The van der Waals surface area contributed by atoms with Gasteiger partial charge in [-0.05, 0) is 27.9 Å². The molecule has 0 spiro atoms. The van der Waals surface area contributed by atoms with Crippen molar-refractivity contribution in [3.05, 3.63) is 0 Å². The fourth-order valence-corrected chi connectivity index (χ4v) is 0.551. The standard InChI is InChI=1S/2C4H10N2O2.Zn/c2*1-3(4(7)8)6-5-2;/h2*3,5-6H,1-2H3,(H,7,8);/q;;+2/p-2. The second-order valence-corrected chi connectivity index (χ2v) is 2.87. The molecule has 0 fully saturated rings. The summed E-state index contributed by atoms with van der Waals surface area (Å²) in [6.45, 7) is 2.98. The molecule has 2 unspecified atom stereocenters. The molecule has 17 heavy (non-hydrogen) atoms. The second kappa shape index (κ2) is 13.5. The van der Waals surface area contributed by atoms with Gasteiger partial charge in [0, 0.05) is 0 Å². The van der Waals surface area contributed by atoms with Crippen LogP contribution in [0.3, 0.4) is 0 Å². The number of hydrogen-bond acceptors (Lipinski definition) is 8. The zero-order valence-corrected chi connectivity index (χ0v) is 13.5. The number of aliphatic carboxylic acids is 2. The first-order valence-electron chi connectivity index (χ1n) is 4.63. The maximum Gasteiger partial charge on any atom is 2.00 e. The minimum atomic E-state index is -1.11. The summed E-state index contributed by atoms with van der Waals surface area (Å²) >= 11 is 0. The van der Waals surface area contributed by atoms with Crippen LogP contribution in [0.2, 0.25) is 0 Å². The zero-order valence-electron chi connectivity index (χ0n) is 10.5. The van der Waals surface area contributed by atoms with Crippen LogP contribution in [0.5, 0.6) is 0 Å². The van der Waals surface area contributed by atoms with Crippen LogP contribution >= 0.6 is 0 Å². The molecule has 0 heterocycles. The summed E-state index contributed by atoms with van der Waals surface area (Å²) in [5.41, 5.74) is 9.82. The number of hydrazine groups is 2. The minimum Gasteiger partial charge on any atom is -0.548 e. The number of carboxylic acid groups (broad SMARTS) is 2. The Balaban J connectivity index is -0.000000218. The molecule has 96 valence electrons. The molecule has 8 nitrogen and oxygen atoms in total. The smallest absolute Gasteiger partial charge is 0.548 e. The quantitative estimate of drug-likeness (QED) is 0.286. The summed E-state index contributed by atoms with van der Waals surface area (Å²) < 4.78 is 0. The van der Waals surface area contributed by atoms with E-state index in [1.54, 1.807) is 14.1 Å². The van der Waals surface area contributed by atoms with E-state index in [4.69, 9.17) is 0 Å². The Labute approximate surface area is 113 Å². The number of carbonyl (C=O) groups is 2. The Morgan fingerprint density at radius 2 is 1.12 bits per heavy atom. The zero-order chi connectivity index (χ0) is 13.1. The van der Waals surface area contributed by atoms with Gasteiger partial charge in [-0.3, -0.25) is 10.9 Å². The van der Waals surface area contributed by atoms with Gasteiger partial charge in [-0.2, -0.15) is 0 Å². The van der Waals surface area contributed by atoms with Crippen LogP contribution in [0, 0.1) is 0 Å². The molecule has 0 saturated heterocycles. The fraction of sp³-hybridized carbons (Fsp3) is 0.750. The molecule has 0 radical (unpaired) electrons. The topological polar surface area (TPSA) is 128 Å². The molecular formula is C8H18N4O4Zn. The van der Waals surface area contributed by atoms with Crippen molar-refractivity contribution in [2.24, 2.45) is 0 Å². The van der Waals surface area contributed by atoms with E-state index in [2.05, 4.69) is 21.7 Å². The maximum absolute atomic E-state index is 9.88. The molecule has 0 rings (SSSR count). The van der Waals surface area contributed by atoms with Crippen molar-refractivity contribution in [3.63, 3.8) is 0 Å². The molecule has 0 amide bonds. The third kappa shape index (κ3) is 15.4. The van der Waals surface area contributed by atoms with Gasteiger partial charge < -0.3 is 19.8 Å². The first-order chi connectivity index (χ1) is 7.36. The van der Waals surface area contributed by atoms with E-state index in [0.29, 0.717) is 0 Å². The van der Waals surface area contributed by atoms with Crippen molar-refractivity contribution >= 4 is 11.9 Å². The summed E-state index contributed by atoms with van der Waals surface area (Å²) in [4.78, 5) is 19.8. The molecule has 0 aliphatic rings. The van der Waals surface area contributed by atoms with Crippen molar-refractivity contribution in [1.82, 2.24) is 21.7 Å². The average Bonchev–Trinajstić information content (AvgIpc) is 2.19. The average molecular weight is 300 g/mol. The van der Waals surface area contributed by atoms with E-state index in [9.17, 15) is 19.8 Å². The largest absolute Gasteiger partial charge is 2.00 e. The number of hydrogen-bond donors (Lipinski definition) is 4. The van der Waals surface area contributed by atoms with Gasteiger partial charge in [0.15, 0.2) is 0 Å².